The van der Waals surface area contributed by atoms with Crippen LogP contribution in [0.15, 0.2) is 24.3 Å². The van der Waals surface area contributed by atoms with Gasteiger partial charge in [-0.25, -0.2) is 9.59 Å². The molecule has 0 spiro atoms. The van der Waals surface area contributed by atoms with E-state index in [9.17, 15) is 19.2 Å². The van der Waals surface area contributed by atoms with E-state index in [-0.39, 0.29) is 54.6 Å². The maximum absolute atomic E-state index is 12.6. The van der Waals surface area contributed by atoms with Crippen molar-refractivity contribution in [2.45, 2.75) is 77.7 Å². The van der Waals surface area contributed by atoms with Crippen LogP contribution in [-0.4, -0.2) is 50.3 Å². The molecule has 0 bridgehead atoms. The van der Waals surface area contributed by atoms with Crippen molar-refractivity contribution in [3.63, 3.8) is 0 Å². The van der Waals surface area contributed by atoms with Crippen LogP contribution in [0.25, 0.3) is 0 Å². The second kappa shape index (κ2) is 14.0. The Morgan fingerprint density at radius 2 is 1.23 bits per heavy atom. The summed E-state index contributed by atoms with van der Waals surface area (Å²) in [6, 6.07) is 0. The molecular formula is C27H40O8. The molecule has 1 unspecified atom stereocenters. The van der Waals surface area contributed by atoms with Gasteiger partial charge in [0.1, 0.15) is 12.7 Å². The monoisotopic (exact) mass is 492 g/mol. The van der Waals surface area contributed by atoms with Crippen LogP contribution in [0.5, 0.6) is 0 Å². The minimum atomic E-state index is -0.744. The Balaban J connectivity index is 1.74. The van der Waals surface area contributed by atoms with Crippen molar-refractivity contribution in [1.29, 1.82) is 0 Å². The zero-order valence-corrected chi connectivity index (χ0v) is 21.3. The topological polar surface area (TPSA) is 105 Å². The second-order valence-electron chi connectivity index (χ2n) is 9.89. The normalized spacial score (nSPS) is 25.0. The molecule has 0 saturated heterocycles. The highest BCUT2D eigenvalue weighted by molar-refractivity contribution is 5.87. The summed E-state index contributed by atoms with van der Waals surface area (Å²) in [7, 11) is 1.45. The molecule has 2 rings (SSSR count). The van der Waals surface area contributed by atoms with Crippen molar-refractivity contribution >= 4 is 23.9 Å². The van der Waals surface area contributed by atoms with E-state index in [1.165, 1.54) is 21.0 Å². The van der Waals surface area contributed by atoms with Crippen molar-refractivity contribution in [3.8, 4) is 0 Å². The first-order chi connectivity index (χ1) is 16.6. The van der Waals surface area contributed by atoms with E-state index in [1.807, 2.05) is 0 Å². The van der Waals surface area contributed by atoms with E-state index >= 15 is 0 Å². The van der Waals surface area contributed by atoms with Gasteiger partial charge in [0.2, 0.25) is 0 Å². The molecule has 0 radical (unpaired) electrons. The van der Waals surface area contributed by atoms with Gasteiger partial charge in [-0.3, -0.25) is 9.59 Å². The van der Waals surface area contributed by atoms with Crippen LogP contribution < -0.4 is 0 Å². The van der Waals surface area contributed by atoms with E-state index in [4.69, 9.17) is 18.9 Å². The molecule has 0 aromatic carbocycles. The van der Waals surface area contributed by atoms with Crippen LogP contribution in [0.2, 0.25) is 0 Å². The first-order valence-electron chi connectivity index (χ1n) is 12.6. The predicted octanol–water partition coefficient (Wildman–Crippen LogP) is 4.31. The summed E-state index contributed by atoms with van der Waals surface area (Å²) in [6.07, 6.45) is 6.90. The fourth-order valence-electron chi connectivity index (χ4n) is 4.95. The minimum Gasteiger partial charge on any atom is -0.469 e. The zero-order chi connectivity index (χ0) is 26.0. The molecule has 35 heavy (non-hydrogen) atoms. The highest BCUT2D eigenvalue weighted by Crippen LogP contribution is 2.41. The first-order valence-corrected chi connectivity index (χ1v) is 12.6. The van der Waals surface area contributed by atoms with Crippen LogP contribution in [0.4, 0.5) is 0 Å². The Hall–Kier alpha value is -2.64. The van der Waals surface area contributed by atoms with E-state index in [0.717, 1.165) is 51.4 Å². The summed E-state index contributed by atoms with van der Waals surface area (Å²) < 4.78 is 20.8. The van der Waals surface area contributed by atoms with Gasteiger partial charge in [-0.15, -0.1) is 0 Å². The molecule has 0 amide bonds. The smallest absolute Gasteiger partial charge is 0.333 e. The Bertz CT molecular complexity index is 785. The minimum absolute atomic E-state index is 0.0328. The molecular weight excluding hydrogens is 452 g/mol. The molecule has 0 aromatic rings. The van der Waals surface area contributed by atoms with Crippen molar-refractivity contribution in [2.75, 3.05) is 20.3 Å². The second-order valence-corrected chi connectivity index (χ2v) is 9.89. The Morgan fingerprint density at radius 1 is 0.743 bits per heavy atom. The van der Waals surface area contributed by atoms with E-state index in [0.29, 0.717) is 11.8 Å². The van der Waals surface area contributed by atoms with E-state index < -0.39 is 18.0 Å². The molecule has 0 N–H and O–H groups in total. The summed E-state index contributed by atoms with van der Waals surface area (Å²) in [5, 5.41) is 0. The number of hydrogen-bond donors (Lipinski definition) is 0. The van der Waals surface area contributed by atoms with Crippen LogP contribution in [0, 0.1) is 23.7 Å². The number of rotatable bonds is 11. The average Bonchev–Trinajstić information content (AvgIpc) is 2.86. The molecule has 2 saturated carbocycles. The highest BCUT2D eigenvalue weighted by Gasteiger charge is 2.35. The number of hydrogen-bond acceptors (Lipinski definition) is 8. The van der Waals surface area contributed by atoms with Gasteiger partial charge in [0.05, 0.1) is 25.6 Å². The fourth-order valence-corrected chi connectivity index (χ4v) is 4.95. The van der Waals surface area contributed by atoms with Crippen molar-refractivity contribution in [2.24, 2.45) is 23.7 Å². The van der Waals surface area contributed by atoms with Gasteiger partial charge in [0.15, 0.2) is 0 Å². The van der Waals surface area contributed by atoms with Gasteiger partial charge in [-0.2, -0.15) is 0 Å². The predicted molar refractivity (Wildman–Crippen MR) is 129 cm³/mol. The van der Waals surface area contributed by atoms with E-state index in [1.54, 1.807) is 0 Å². The number of carbonyl (C=O) groups is 4. The van der Waals surface area contributed by atoms with Gasteiger partial charge < -0.3 is 18.9 Å². The molecule has 0 heterocycles. The van der Waals surface area contributed by atoms with Crippen LogP contribution >= 0.6 is 0 Å². The van der Waals surface area contributed by atoms with Crippen LogP contribution in [0.1, 0.15) is 71.6 Å². The van der Waals surface area contributed by atoms with Gasteiger partial charge in [-0.1, -0.05) is 13.2 Å². The molecule has 0 aromatic heterocycles. The average molecular weight is 493 g/mol. The standard InChI is InChI=1S/C27H40O8/c1-17(2)24(28)34-16-23(35-25(29)18(3)4)14-15-33-27(31)22-12-8-20(9-13-22)19-6-10-21(11-7-19)26(30)32-5/h19-23H,1,3,6-16H2,2,4-5H3. The lowest BCUT2D eigenvalue weighted by Gasteiger charge is -2.36. The SMILES string of the molecule is C=C(C)C(=O)OCC(CCOC(=O)C1CCC(C2CCC(C(=O)OC)CC2)CC1)OC(=O)C(=C)C. The van der Waals surface area contributed by atoms with E-state index in [2.05, 4.69) is 13.2 Å². The van der Waals surface area contributed by atoms with Crippen molar-refractivity contribution in [3.05, 3.63) is 24.3 Å². The zero-order valence-electron chi connectivity index (χ0n) is 21.3. The number of carbonyl (C=O) groups excluding carboxylic acids is 4. The summed E-state index contributed by atoms with van der Waals surface area (Å²) in [5.41, 5.74) is 0.474. The third-order valence-corrected chi connectivity index (χ3v) is 7.13. The Kier molecular flexibility index (Phi) is 11.5. The lowest BCUT2D eigenvalue weighted by molar-refractivity contribution is -0.158. The largest absolute Gasteiger partial charge is 0.469 e. The van der Waals surface area contributed by atoms with Gasteiger partial charge in [0, 0.05) is 17.6 Å². The maximum atomic E-state index is 12.6. The van der Waals surface area contributed by atoms with Crippen LogP contribution in [-0.2, 0) is 38.1 Å². The summed E-state index contributed by atoms with van der Waals surface area (Å²) in [4.78, 5) is 47.9. The molecule has 1 atom stereocenters. The maximum Gasteiger partial charge on any atom is 0.333 e. The van der Waals surface area contributed by atoms with Crippen molar-refractivity contribution in [1.82, 2.24) is 0 Å². The summed E-state index contributed by atoms with van der Waals surface area (Å²) >= 11 is 0. The van der Waals surface area contributed by atoms with Crippen LogP contribution in [0.3, 0.4) is 0 Å². The van der Waals surface area contributed by atoms with Gasteiger partial charge in [0.25, 0.3) is 0 Å². The molecule has 0 aliphatic heterocycles. The molecule has 2 aliphatic rings. The molecule has 2 fully saturated rings. The molecule has 2 aliphatic carbocycles. The first kappa shape index (κ1) is 28.6. The highest BCUT2D eigenvalue weighted by atomic mass is 16.6. The molecule has 8 heteroatoms. The van der Waals surface area contributed by atoms with Gasteiger partial charge >= 0.3 is 23.9 Å². The van der Waals surface area contributed by atoms with Crippen molar-refractivity contribution < 1.29 is 38.1 Å². The summed E-state index contributed by atoms with van der Waals surface area (Å²) in [5.74, 6) is -0.395. The fraction of sp³-hybridized carbons (Fsp3) is 0.704. The van der Waals surface area contributed by atoms with Gasteiger partial charge in [-0.05, 0) is 77.0 Å². The molecule has 196 valence electrons. The number of ether oxygens (including phenoxy) is 4. The number of esters is 4. The Morgan fingerprint density at radius 3 is 1.69 bits per heavy atom. The molecule has 8 nitrogen and oxygen atoms in total. The third kappa shape index (κ3) is 9.15. The third-order valence-electron chi connectivity index (χ3n) is 7.13. The number of methoxy groups -OCH3 is 1. The lowest BCUT2D eigenvalue weighted by atomic mass is 9.69. The summed E-state index contributed by atoms with van der Waals surface area (Å²) in [6.45, 7) is 10.1. The lowest BCUT2D eigenvalue weighted by Crippen LogP contribution is -2.31. The Labute approximate surface area is 208 Å². The quantitative estimate of drug-likeness (QED) is 0.239.